The summed E-state index contributed by atoms with van der Waals surface area (Å²) in [4.78, 5) is 24.6. The third-order valence-electron chi connectivity index (χ3n) is 4.54. The molecule has 8 nitrogen and oxygen atoms in total. The van der Waals surface area contributed by atoms with Gasteiger partial charge in [-0.1, -0.05) is 29.8 Å². The van der Waals surface area contributed by atoms with Crippen molar-refractivity contribution in [1.29, 1.82) is 0 Å². The van der Waals surface area contributed by atoms with Gasteiger partial charge in [-0.05, 0) is 20.8 Å². The molecule has 2 N–H and O–H groups in total. The molecule has 0 aromatic heterocycles. The molecule has 8 heteroatoms. The Morgan fingerprint density at radius 1 is 1.22 bits per heavy atom. The van der Waals surface area contributed by atoms with Crippen LogP contribution in [0.25, 0.3) is 0 Å². The second-order valence-corrected chi connectivity index (χ2v) is 7.24. The van der Waals surface area contributed by atoms with Crippen LogP contribution in [0.15, 0.2) is 24.3 Å². The highest BCUT2D eigenvalue weighted by atomic mass is 16.8. The van der Waals surface area contributed by atoms with Crippen LogP contribution >= 0.6 is 0 Å². The number of carbonyl (C=O) groups is 2. The van der Waals surface area contributed by atoms with Gasteiger partial charge >= 0.3 is 5.97 Å². The number of ether oxygens (including phenoxy) is 4. The number of aliphatic hydroxyl groups excluding tert-OH is 2. The number of benzene rings is 1. The van der Waals surface area contributed by atoms with E-state index in [9.17, 15) is 19.8 Å². The van der Waals surface area contributed by atoms with Crippen LogP contribution in [0, 0.1) is 6.92 Å². The third-order valence-corrected chi connectivity index (χ3v) is 4.54. The molecule has 2 aliphatic heterocycles. The first-order valence-corrected chi connectivity index (χ1v) is 8.79. The van der Waals surface area contributed by atoms with E-state index in [0.29, 0.717) is 5.56 Å². The highest BCUT2D eigenvalue weighted by molar-refractivity contribution is 6.05. The number of rotatable bonds is 6. The van der Waals surface area contributed by atoms with Crippen molar-refractivity contribution in [3.63, 3.8) is 0 Å². The lowest BCUT2D eigenvalue weighted by molar-refractivity contribution is -0.231. The lowest BCUT2D eigenvalue weighted by atomic mass is 10.0. The molecule has 2 aliphatic rings. The summed E-state index contributed by atoms with van der Waals surface area (Å²) in [5.41, 5.74) is 1.41. The summed E-state index contributed by atoms with van der Waals surface area (Å²) < 4.78 is 22.3. The second-order valence-electron chi connectivity index (χ2n) is 7.24. The number of esters is 1. The Kier molecular flexibility index (Phi) is 5.64. The molecule has 27 heavy (non-hydrogen) atoms. The van der Waals surface area contributed by atoms with Crippen molar-refractivity contribution in [3.05, 3.63) is 35.4 Å². The summed E-state index contributed by atoms with van der Waals surface area (Å²) in [6.07, 6.45) is -5.35. The maximum Gasteiger partial charge on any atom is 0.314 e. The fraction of sp³-hybridized carbons (Fsp3) is 0.579. The average Bonchev–Trinajstić information content (AvgIpc) is 3.07. The number of fused-ring (bicyclic) bond motifs is 1. The molecule has 0 spiro atoms. The van der Waals surface area contributed by atoms with Crippen LogP contribution in [0.3, 0.4) is 0 Å². The molecule has 5 atom stereocenters. The summed E-state index contributed by atoms with van der Waals surface area (Å²) in [7, 11) is 0. The van der Waals surface area contributed by atoms with Gasteiger partial charge in [0.15, 0.2) is 30.1 Å². The molecule has 1 aromatic rings. The van der Waals surface area contributed by atoms with Crippen LogP contribution in [0.5, 0.6) is 0 Å². The summed E-state index contributed by atoms with van der Waals surface area (Å²) >= 11 is 0. The Labute approximate surface area is 157 Å². The van der Waals surface area contributed by atoms with Gasteiger partial charge in [0.25, 0.3) is 0 Å². The first-order chi connectivity index (χ1) is 12.7. The minimum atomic E-state index is -1.28. The zero-order chi connectivity index (χ0) is 19.8. The predicted octanol–water partition coefficient (Wildman–Crippen LogP) is 0.709. The number of aryl methyl sites for hydroxylation is 1. The molecule has 2 fully saturated rings. The molecular weight excluding hydrogens is 356 g/mol. The van der Waals surface area contributed by atoms with E-state index in [-0.39, 0.29) is 5.78 Å². The van der Waals surface area contributed by atoms with Crippen molar-refractivity contribution in [2.24, 2.45) is 0 Å². The van der Waals surface area contributed by atoms with Gasteiger partial charge in [0.1, 0.15) is 18.6 Å². The van der Waals surface area contributed by atoms with E-state index in [1.54, 1.807) is 38.1 Å². The van der Waals surface area contributed by atoms with Crippen LogP contribution < -0.4 is 0 Å². The van der Waals surface area contributed by atoms with Gasteiger partial charge in [-0.25, -0.2) is 0 Å². The summed E-state index contributed by atoms with van der Waals surface area (Å²) in [6, 6.07) is 6.86. The van der Waals surface area contributed by atoms with Crippen molar-refractivity contribution in [2.45, 2.75) is 63.7 Å². The first kappa shape index (κ1) is 19.9. The van der Waals surface area contributed by atoms with Gasteiger partial charge in [0.2, 0.25) is 0 Å². The Hall–Kier alpha value is -1.84. The molecule has 0 radical (unpaired) electrons. The predicted molar refractivity (Wildman–Crippen MR) is 91.8 cm³/mol. The number of carbonyl (C=O) groups excluding carboxylic acids is 2. The zero-order valence-electron chi connectivity index (χ0n) is 15.5. The Balaban J connectivity index is 1.68. The normalized spacial score (nSPS) is 30.0. The highest BCUT2D eigenvalue weighted by Gasteiger charge is 2.58. The maximum absolute atomic E-state index is 12.3. The van der Waals surface area contributed by atoms with Crippen LogP contribution in [0.2, 0.25) is 0 Å². The average molecular weight is 380 g/mol. The van der Waals surface area contributed by atoms with Crippen molar-refractivity contribution < 1.29 is 38.7 Å². The molecule has 2 saturated heterocycles. The molecule has 0 unspecified atom stereocenters. The number of ketones is 1. The monoisotopic (exact) mass is 380 g/mol. The van der Waals surface area contributed by atoms with Gasteiger partial charge in [0.05, 0.1) is 6.61 Å². The molecule has 2 heterocycles. The van der Waals surface area contributed by atoms with Gasteiger partial charge in [-0.3, -0.25) is 9.59 Å². The number of aliphatic hydroxyl groups is 2. The van der Waals surface area contributed by atoms with Crippen molar-refractivity contribution in [3.8, 4) is 0 Å². The molecule has 3 rings (SSSR count). The largest absolute Gasteiger partial charge is 0.456 e. The molecule has 1 aromatic carbocycles. The van der Waals surface area contributed by atoms with E-state index in [2.05, 4.69) is 0 Å². The minimum absolute atomic E-state index is 0.376. The van der Waals surface area contributed by atoms with E-state index in [1.807, 2.05) is 6.92 Å². The van der Waals surface area contributed by atoms with Crippen molar-refractivity contribution >= 4 is 11.8 Å². The smallest absolute Gasteiger partial charge is 0.314 e. The number of hydrogen-bond donors (Lipinski definition) is 2. The Morgan fingerprint density at radius 3 is 2.52 bits per heavy atom. The lowest BCUT2D eigenvalue weighted by Crippen LogP contribution is -2.45. The van der Waals surface area contributed by atoms with E-state index >= 15 is 0 Å². The molecule has 0 aliphatic carbocycles. The second kappa shape index (κ2) is 7.65. The molecule has 0 saturated carbocycles. The van der Waals surface area contributed by atoms with Gasteiger partial charge < -0.3 is 29.2 Å². The molecular formula is C19H24O8. The van der Waals surface area contributed by atoms with Crippen molar-refractivity contribution in [2.75, 3.05) is 6.61 Å². The zero-order valence-corrected chi connectivity index (χ0v) is 15.5. The first-order valence-electron chi connectivity index (χ1n) is 8.79. The minimum Gasteiger partial charge on any atom is -0.456 e. The molecule has 148 valence electrons. The van der Waals surface area contributed by atoms with E-state index < -0.39 is 55.5 Å². The SMILES string of the molecule is Cc1ccc(C(=O)CC(=O)O[C@@H]2[C@H]3OC(C)(C)O[C@H]3O[C@@H]2[C@H](O)CO)cc1. The number of hydrogen-bond acceptors (Lipinski definition) is 8. The Morgan fingerprint density at radius 2 is 1.89 bits per heavy atom. The highest BCUT2D eigenvalue weighted by Crippen LogP contribution is 2.39. The van der Waals surface area contributed by atoms with Gasteiger partial charge in [-0.2, -0.15) is 0 Å². The third kappa shape index (κ3) is 4.36. The van der Waals surface area contributed by atoms with Crippen LogP contribution in [-0.4, -0.2) is 65.1 Å². The van der Waals surface area contributed by atoms with E-state index in [4.69, 9.17) is 18.9 Å². The molecule has 0 bridgehead atoms. The fourth-order valence-corrected chi connectivity index (χ4v) is 3.22. The van der Waals surface area contributed by atoms with Crippen LogP contribution in [0.4, 0.5) is 0 Å². The van der Waals surface area contributed by atoms with Crippen LogP contribution in [-0.2, 0) is 23.7 Å². The Bertz CT molecular complexity index is 698. The summed E-state index contributed by atoms with van der Waals surface area (Å²) in [5, 5.41) is 19.2. The van der Waals surface area contributed by atoms with Gasteiger partial charge in [-0.15, -0.1) is 0 Å². The van der Waals surface area contributed by atoms with Gasteiger partial charge in [0, 0.05) is 5.56 Å². The lowest BCUT2D eigenvalue weighted by Gasteiger charge is -2.27. The molecule has 0 amide bonds. The van der Waals surface area contributed by atoms with E-state index in [0.717, 1.165) is 5.56 Å². The maximum atomic E-state index is 12.3. The van der Waals surface area contributed by atoms with Crippen LogP contribution in [0.1, 0.15) is 36.2 Å². The van der Waals surface area contributed by atoms with Crippen molar-refractivity contribution in [1.82, 2.24) is 0 Å². The van der Waals surface area contributed by atoms with E-state index in [1.165, 1.54) is 0 Å². The fourth-order valence-electron chi connectivity index (χ4n) is 3.22. The standard InChI is InChI=1S/C19H24O8/c1-10-4-6-11(7-5-10)12(21)8-14(23)24-16-15(13(22)9-20)25-18-17(16)26-19(2,3)27-18/h4-7,13,15-18,20,22H,8-9H2,1-3H3/t13-,15-,16+,17-,18-/m1/s1. The quantitative estimate of drug-likeness (QED) is 0.422. The summed E-state index contributed by atoms with van der Waals surface area (Å²) in [5.74, 6) is -2.08. The topological polar surface area (TPSA) is 112 Å². The summed E-state index contributed by atoms with van der Waals surface area (Å²) in [6.45, 7) is 4.69. The number of Topliss-reactive ketones (excluding diaryl/α,β-unsaturated/α-hetero) is 1.